The minimum atomic E-state index is -4.44. The van der Waals surface area contributed by atoms with Crippen molar-refractivity contribution >= 4 is 77.7 Å². The second-order valence-corrected chi connectivity index (χ2v) is 8.82. The molecule has 139 valence electrons. The zero-order valence-corrected chi connectivity index (χ0v) is 18.9. The number of aromatic amines is 1. The standard InChI is InChI=1S/C18H14N2O5S2.Na/c1-20(2)9-3-6-13-14(7-9)26-18-15(19-13)12-8-10(27(23,24)25)4-5-11(12)16(21)17(18)22;/h3-8,19H,1-2H3,(H,23,24,25);. The van der Waals surface area contributed by atoms with Crippen molar-refractivity contribution in [3.63, 3.8) is 0 Å². The molecule has 10 heteroatoms. The molecule has 4 rings (SSSR count). The van der Waals surface area contributed by atoms with Crippen LogP contribution in [0.15, 0.2) is 50.9 Å². The Kier molecular flexibility index (Phi) is 5.43. The Morgan fingerprint density at radius 3 is 2.36 bits per heavy atom. The van der Waals surface area contributed by atoms with Gasteiger partial charge in [0.05, 0.1) is 20.5 Å². The Morgan fingerprint density at radius 1 is 1.00 bits per heavy atom. The molecule has 2 aromatic carbocycles. The number of nitrogens with zero attached hydrogens (tertiary/aromatic N) is 1. The molecule has 1 aliphatic carbocycles. The summed E-state index contributed by atoms with van der Waals surface area (Å²) in [6.45, 7) is 0. The number of rotatable bonds is 2. The van der Waals surface area contributed by atoms with E-state index in [-0.39, 0.29) is 49.8 Å². The van der Waals surface area contributed by atoms with Crippen molar-refractivity contribution in [1.82, 2.24) is 4.98 Å². The van der Waals surface area contributed by atoms with Crippen molar-refractivity contribution in [2.45, 2.75) is 4.90 Å². The van der Waals surface area contributed by atoms with Crippen LogP contribution in [0.2, 0.25) is 0 Å². The van der Waals surface area contributed by atoms with E-state index in [0.717, 1.165) is 22.0 Å². The summed E-state index contributed by atoms with van der Waals surface area (Å²) in [4.78, 5) is 29.8. The average Bonchev–Trinajstić information content (AvgIpc) is 2.63. The van der Waals surface area contributed by atoms with Gasteiger partial charge < -0.3 is 9.88 Å². The van der Waals surface area contributed by atoms with Crippen molar-refractivity contribution in [1.29, 1.82) is 0 Å². The Labute approximate surface area is 185 Å². The molecule has 0 unspecified atom stereocenters. The van der Waals surface area contributed by atoms with E-state index < -0.39 is 21.0 Å². The van der Waals surface area contributed by atoms with E-state index in [1.54, 1.807) is 0 Å². The Bertz CT molecular complexity index is 1520. The van der Waals surface area contributed by atoms with Crippen LogP contribution in [0.3, 0.4) is 0 Å². The Hall–Kier alpha value is -1.75. The first-order valence-corrected chi connectivity index (χ1v) is 10.1. The number of fused-ring (bicyclic) bond motifs is 3. The van der Waals surface area contributed by atoms with Gasteiger partial charge >= 0.3 is 0 Å². The van der Waals surface area contributed by atoms with Crippen molar-refractivity contribution < 1.29 is 13.0 Å². The molecule has 0 bridgehead atoms. The fraction of sp³-hybridized carbons (Fsp3) is 0.111. The molecular weight excluding hydrogens is 411 g/mol. The van der Waals surface area contributed by atoms with E-state index >= 15 is 0 Å². The van der Waals surface area contributed by atoms with Crippen molar-refractivity contribution in [2.75, 3.05) is 19.0 Å². The summed E-state index contributed by atoms with van der Waals surface area (Å²) in [6, 6.07) is 9.23. The topological polar surface area (TPSA) is 108 Å². The summed E-state index contributed by atoms with van der Waals surface area (Å²) >= 11 is 1.17. The smallest absolute Gasteiger partial charge is 0.294 e. The van der Waals surface area contributed by atoms with Crippen LogP contribution < -0.4 is 15.8 Å². The molecule has 0 spiro atoms. The van der Waals surface area contributed by atoms with Crippen LogP contribution in [0.25, 0.3) is 21.0 Å². The largest absolute Gasteiger partial charge is 0.378 e. The molecule has 0 fully saturated rings. The zero-order valence-electron chi connectivity index (χ0n) is 15.3. The maximum atomic E-state index is 12.6. The van der Waals surface area contributed by atoms with Crippen LogP contribution in [-0.4, -0.2) is 61.6 Å². The predicted molar refractivity (Wildman–Crippen MR) is 111 cm³/mol. The molecule has 2 aliphatic rings. The minimum Gasteiger partial charge on any atom is -0.378 e. The summed E-state index contributed by atoms with van der Waals surface area (Å²) < 4.78 is 33.3. The van der Waals surface area contributed by atoms with Gasteiger partial charge in [0, 0.05) is 60.1 Å². The summed E-state index contributed by atoms with van der Waals surface area (Å²) in [5, 5.41) is 0.752. The molecule has 1 aliphatic heterocycles. The molecule has 2 N–H and O–H groups in total. The molecule has 7 nitrogen and oxygen atoms in total. The maximum Gasteiger partial charge on any atom is 0.294 e. The van der Waals surface area contributed by atoms with Gasteiger partial charge in [-0.05, 0) is 36.4 Å². The molecule has 0 aromatic heterocycles. The number of hydrogen-bond acceptors (Lipinski definition) is 6. The molecule has 0 saturated heterocycles. The van der Waals surface area contributed by atoms with Gasteiger partial charge in [-0.2, -0.15) is 8.42 Å². The minimum absolute atomic E-state index is 0. The van der Waals surface area contributed by atoms with Gasteiger partial charge in [0.1, 0.15) is 4.53 Å². The van der Waals surface area contributed by atoms with Crippen LogP contribution in [0, 0.1) is 9.88 Å². The van der Waals surface area contributed by atoms with E-state index in [1.165, 1.54) is 23.5 Å². The average molecular weight is 425 g/mol. The van der Waals surface area contributed by atoms with Crippen LogP contribution in [-0.2, 0) is 10.1 Å². The van der Waals surface area contributed by atoms with Crippen LogP contribution in [0.1, 0.15) is 0 Å². The number of anilines is 1. The van der Waals surface area contributed by atoms with E-state index in [4.69, 9.17) is 0 Å². The molecule has 2 aromatic rings. The maximum absolute atomic E-state index is 12.6. The number of nitrogens with one attached hydrogen (secondary N) is 1. The summed E-state index contributed by atoms with van der Waals surface area (Å²) in [6.07, 6.45) is 0. The van der Waals surface area contributed by atoms with E-state index in [2.05, 4.69) is 4.98 Å². The fourth-order valence-corrected chi connectivity index (χ4v) is 4.58. The number of H-pyrrole nitrogens is 1. The SMILES string of the molecule is CN(C)c1ccc2[nH]c3c4cc(S(=O)(=O)O)ccc4c(=O)c(=O)c=3sc2c1.[Na]. The molecule has 1 heterocycles. The second-order valence-electron chi connectivity index (χ2n) is 6.35. The molecule has 1 radical (unpaired) electrons. The molecular formula is C18H14N2NaO5S2. The quantitative estimate of drug-likeness (QED) is 0.288. The second kappa shape index (κ2) is 7.25. The summed E-state index contributed by atoms with van der Waals surface area (Å²) in [5.74, 6) is 0. The van der Waals surface area contributed by atoms with Gasteiger partial charge in [-0.25, -0.2) is 0 Å². The molecule has 0 amide bonds. The van der Waals surface area contributed by atoms with Crippen molar-refractivity contribution in [3.8, 4) is 0 Å². The van der Waals surface area contributed by atoms with Gasteiger partial charge in [-0.15, -0.1) is 11.3 Å². The third-order valence-corrected chi connectivity index (χ3v) is 6.40. The summed E-state index contributed by atoms with van der Waals surface area (Å²) in [5.41, 5.74) is 0.341. The Morgan fingerprint density at radius 2 is 1.71 bits per heavy atom. The van der Waals surface area contributed by atoms with Crippen LogP contribution in [0.4, 0.5) is 5.69 Å². The monoisotopic (exact) mass is 425 g/mol. The zero-order chi connectivity index (χ0) is 19.5. The van der Waals surface area contributed by atoms with E-state index in [0.29, 0.717) is 5.35 Å². The third-order valence-electron chi connectivity index (χ3n) is 4.40. The molecule has 28 heavy (non-hydrogen) atoms. The first-order chi connectivity index (χ1) is 12.7. The number of aromatic nitrogens is 1. The first kappa shape index (κ1) is 21.0. The van der Waals surface area contributed by atoms with Crippen LogP contribution in [0.5, 0.6) is 0 Å². The van der Waals surface area contributed by atoms with Gasteiger partial charge in [0.25, 0.3) is 10.1 Å². The Balaban J connectivity index is 0.00000225. The third kappa shape index (κ3) is 3.38. The molecule has 0 atom stereocenters. The predicted octanol–water partition coefficient (Wildman–Crippen LogP) is 1.76. The number of hydrogen-bond donors (Lipinski definition) is 2. The van der Waals surface area contributed by atoms with E-state index in [9.17, 15) is 22.6 Å². The normalized spacial score (nSPS) is 11.7. The van der Waals surface area contributed by atoms with Gasteiger partial charge in [0.2, 0.25) is 10.9 Å². The summed E-state index contributed by atoms with van der Waals surface area (Å²) in [7, 11) is -0.643. The number of benzene rings is 2. The van der Waals surface area contributed by atoms with Crippen molar-refractivity contribution in [3.05, 3.63) is 66.7 Å². The van der Waals surface area contributed by atoms with Gasteiger partial charge in [-0.3, -0.25) is 14.1 Å². The van der Waals surface area contributed by atoms with Gasteiger partial charge in [0.15, 0.2) is 0 Å². The molecule has 0 saturated carbocycles. The van der Waals surface area contributed by atoms with Gasteiger partial charge in [-0.1, -0.05) is 0 Å². The fourth-order valence-electron chi connectivity index (χ4n) is 2.99. The van der Waals surface area contributed by atoms with Crippen molar-refractivity contribution in [2.24, 2.45) is 0 Å². The van der Waals surface area contributed by atoms with E-state index in [1.807, 2.05) is 37.2 Å². The van der Waals surface area contributed by atoms with Crippen LogP contribution >= 0.6 is 11.3 Å². The first-order valence-electron chi connectivity index (χ1n) is 7.88.